The number of rotatable bonds is 8. The van der Waals surface area contributed by atoms with Gasteiger partial charge in [0.25, 0.3) is 17.5 Å². The van der Waals surface area contributed by atoms with E-state index in [1.807, 2.05) is 0 Å². The number of hydrogen-bond acceptors (Lipinski definition) is 8. The fourth-order valence-electron chi connectivity index (χ4n) is 3.56. The van der Waals surface area contributed by atoms with E-state index in [0.29, 0.717) is 39.7 Å². The van der Waals surface area contributed by atoms with Crippen LogP contribution in [-0.4, -0.2) is 35.8 Å². The molecule has 1 aromatic heterocycles. The number of hydrazone groups is 1. The lowest BCUT2D eigenvalue weighted by molar-refractivity contribution is -0.385. The third-order valence-electron chi connectivity index (χ3n) is 5.55. The van der Waals surface area contributed by atoms with Crippen molar-refractivity contribution in [3.8, 4) is 22.8 Å². The normalized spacial score (nSPS) is 13.1. The maximum Gasteiger partial charge on any atom is 0.273 e. The van der Waals surface area contributed by atoms with Crippen LogP contribution in [0.5, 0.6) is 11.5 Å². The predicted octanol–water partition coefficient (Wildman–Crippen LogP) is 3.80. The van der Waals surface area contributed by atoms with Gasteiger partial charge < -0.3 is 19.2 Å². The van der Waals surface area contributed by atoms with E-state index in [9.17, 15) is 19.7 Å². The molecule has 2 heterocycles. The Labute approximate surface area is 206 Å². The number of aryl methyl sites for hydroxylation is 1. The first-order valence-electron chi connectivity index (χ1n) is 11.1. The van der Waals surface area contributed by atoms with Crippen LogP contribution < -0.4 is 20.2 Å². The van der Waals surface area contributed by atoms with Gasteiger partial charge in [-0.3, -0.25) is 19.7 Å². The molecule has 1 atom stereocenters. The van der Waals surface area contributed by atoms with Gasteiger partial charge in [0, 0.05) is 22.8 Å². The van der Waals surface area contributed by atoms with Crippen LogP contribution in [0.1, 0.15) is 35.5 Å². The lowest BCUT2D eigenvalue weighted by Crippen LogP contribution is -2.48. The second kappa shape index (κ2) is 10.3. The molecule has 4 rings (SSSR count). The second-order valence-electron chi connectivity index (χ2n) is 8.46. The highest BCUT2D eigenvalue weighted by Gasteiger charge is 2.25. The van der Waals surface area contributed by atoms with Gasteiger partial charge in [-0.25, -0.2) is 5.43 Å². The maximum absolute atomic E-state index is 12.7. The molecule has 11 heteroatoms. The molecule has 11 nitrogen and oxygen atoms in total. The number of ether oxygens (including phenoxy) is 2. The van der Waals surface area contributed by atoms with Crippen molar-refractivity contribution < 1.29 is 28.4 Å². The van der Waals surface area contributed by atoms with Crippen LogP contribution in [0.3, 0.4) is 0 Å². The number of amides is 2. The van der Waals surface area contributed by atoms with E-state index in [4.69, 9.17) is 13.9 Å². The van der Waals surface area contributed by atoms with Crippen molar-refractivity contribution in [2.45, 2.75) is 26.8 Å². The van der Waals surface area contributed by atoms with Gasteiger partial charge in [0.2, 0.25) is 6.79 Å². The minimum atomic E-state index is -0.847. The van der Waals surface area contributed by atoms with E-state index >= 15 is 0 Å². The van der Waals surface area contributed by atoms with Gasteiger partial charge in [-0.15, -0.1) is 0 Å². The van der Waals surface area contributed by atoms with Crippen molar-refractivity contribution in [2.75, 3.05) is 6.79 Å². The van der Waals surface area contributed by atoms with Crippen LogP contribution in [0.25, 0.3) is 11.3 Å². The molecule has 0 radical (unpaired) electrons. The van der Waals surface area contributed by atoms with Crippen molar-refractivity contribution in [3.05, 3.63) is 75.5 Å². The minimum absolute atomic E-state index is 0.00565. The molecule has 186 valence electrons. The lowest BCUT2D eigenvalue weighted by atomic mass is 10.0. The molecule has 2 amide bonds. The maximum atomic E-state index is 12.7. The van der Waals surface area contributed by atoms with Crippen LogP contribution in [0.2, 0.25) is 0 Å². The molecule has 0 saturated carbocycles. The van der Waals surface area contributed by atoms with E-state index in [0.717, 1.165) is 0 Å². The van der Waals surface area contributed by atoms with Crippen molar-refractivity contribution in [1.82, 2.24) is 10.7 Å². The van der Waals surface area contributed by atoms with Gasteiger partial charge in [0.15, 0.2) is 11.5 Å². The van der Waals surface area contributed by atoms with Crippen molar-refractivity contribution in [3.63, 3.8) is 0 Å². The summed E-state index contributed by atoms with van der Waals surface area (Å²) < 4.78 is 16.2. The number of carbonyl (C=O) groups is 2. The van der Waals surface area contributed by atoms with Crippen LogP contribution in [0, 0.1) is 23.0 Å². The molecule has 36 heavy (non-hydrogen) atoms. The molecule has 1 aliphatic heterocycles. The Morgan fingerprint density at radius 2 is 1.86 bits per heavy atom. The summed E-state index contributed by atoms with van der Waals surface area (Å²) in [5, 5.41) is 17.8. The first-order chi connectivity index (χ1) is 17.2. The molecular weight excluding hydrogens is 468 g/mol. The molecular formula is C25H24N4O7. The standard InChI is InChI=1S/C25H24N4O7/c1-14(2)23(27-24(30)17-6-8-21-22(11-17)35-13-34-21)25(31)28-26-12-18-7-9-20(36-18)16-5-4-15(3)19(10-16)29(32)33/h4-12,14,23H,13H2,1-3H3,(H,27,30)(H,28,31). The van der Waals surface area contributed by atoms with Crippen molar-refractivity contribution >= 4 is 23.7 Å². The van der Waals surface area contributed by atoms with E-state index in [2.05, 4.69) is 15.8 Å². The largest absolute Gasteiger partial charge is 0.455 e. The molecule has 1 aliphatic rings. The van der Waals surface area contributed by atoms with E-state index < -0.39 is 22.8 Å². The lowest BCUT2D eigenvalue weighted by Gasteiger charge is -2.20. The Morgan fingerprint density at radius 1 is 1.08 bits per heavy atom. The Balaban J connectivity index is 1.39. The van der Waals surface area contributed by atoms with E-state index in [-0.39, 0.29) is 18.4 Å². The number of carbonyl (C=O) groups excluding carboxylic acids is 2. The van der Waals surface area contributed by atoms with Gasteiger partial charge in [-0.1, -0.05) is 26.0 Å². The monoisotopic (exact) mass is 492 g/mol. The SMILES string of the molecule is Cc1ccc(-c2ccc(C=NNC(=O)C(NC(=O)c3ccc4c(c3)OCO4)C(C)C)o2)cc1[N+](=O)[O-]. The summed E-state index contributed by atoms with van der Waals surface area (Å²) in [5.74, 6) is 0.619. The predicted molar refractivity (Wildman–Crippen MR) is 130 cm³/mol. The number of fused-ring (bicyclic) bond motifs is 1. The fourth-order valence-corrected chi connectivity index (χ4v) is 3.56. The van der Waals surface area contributed by atoms with Gasteiger partial charge in [-0.2, -0.15) is 5.10 Å². The Hall–Kier alpha value is -4.67. The number of nitrogens with one attached hydrogen (secondary N) is 2. The first-order valence-corrected chi connectivity index (χ1v) is 11.1. The summed E-state index contributed by atoms with van der Waals surface area (Å²) in [6.45, 7) is 5.35. The fraction of sp³-hybridized carbons (Fsp3) is 0.240. The van der Waals surface area contributed by atoms with E-state index in [1.165, 1.54) is 12.3 Å². The highest BCUT2D eigenvalue weighted by atomic mass is 16.7. The first kappa shape index (κ1) is 24.5. The third-order valence-corrected chi connectivity index (χ3v) is 5.55. The summed E-state index contributed by atoms with van der Waals surface area (Å²) in [6, 6.07) is 12.0. The van der Waals surface area contributed by atoms with Crippen molar-refractivity contribution in [1.29, 1.82) is 0 Å². The molecule has 0 saturated heterocycles. The number of hydrogen-bond donors (Lipinski definition) is 2. The van der Waals surface area contributed by atoms with Crippen LogP contribution in [0.15, 0.2) is 58.0 Å². The molecule has 0 fully saturated rings. The molecule has 0 aliphatic carbocycles. The number of benzene rings is 2. The Morgan fingerprint density at radius 3 is 2.61 bits per heavy atom. The summed E-state index contributed by atoms with van der Waals surface area (Å²) in [4.78, 5) is 36.1. The average molecular weight is 492 g/mol. The number of furan rings is 1. The average Bonchev–Trinajstić information content (AvgIpc) is 3.51. The van der Waals surface area contributed by atoms with Crippen LogP contribution >= 0.6 is 0 Å². The molecule has 2 aromatic carbocycles. The van der Waals surface area contributed by atoms with Crippen LogP contribution in [0.4, 0.5) is 5.69 Å². The van der Waals surface area contributed by atoms with Gasteiger partial charge in [0.1, 0.15) is 17.6 Å². The summed E-state index contributed by atoms with van der Waals surface area (Å²) in [6.07, 6.45) is 1.31. The van der Waals surface area contributed by atoms with Crippen LogP contribution in [-0.2, 0) is 4.79 Å². The van der Waals surface area contributed by atoms with Gasteiger partial charge in [-0.05, 0) is 43.2 Å². The summed E-state index contributed by atoms with van der Waals surface area (Å²) >= 11 is 0. The molecule has 2 N–H and O–H groups in total. The summed E-state index contributed by atoms with van der Waals surface area (Å²) in [7, 11) is 0. The van der Waals surface area contributed by atoms with E-state index in [1.54, 1.807) is 63.2 Å². The zero-order valence-corrected chi connectivity index (χ0v) is 19.8. The molecule has 0 spiro atoms. The number of nitrogens with zero attached hydrogens (tertiary/aromatic N) is 2. The zero-order chi connectivity index (χ0) is 25.8. The minimum Gasteiger partial charge on any atom is -0.455 e. The third kappa shape index (κ3) is 5.35. The van der Waals surface area contributed by atoms with Crippen molar-refractivity contribution in [2.24, 2.45) is 11.0 Å². The Bertz CT molecular complexity index is 1350. The zero-order valence-electron chi connectivity index (χ0n) is 19.8. The number of nitro benzene ring substituents is 1. The second-order valence-corrected chi connectivity index (χ2v) is 8.46. The number of nitro groups is 1. The molecule has 0 bridgehead atoms. The Kier molecular flexibility index (Phi) is 7.00. The highest BCUT2D eigenvalue weighted by molar-refractivity contribution is 5.98. The van der Waals surface area contributed by atoms with Gasteiger partial charge >= 0.3 is 0 Å². The highest BCUT2D eigenvalue weighted by Crippen LogP contribution is 2.32. The quantitative estimate of drug-likeness (QED) is 0.276. The molecule has 3 aromatic rings. The summed E-state index contributed by atoms with van der Waals surface area (Å²) in [5.41, 5.74) is 3.83. The molecule has 1 unspecified atom stereocenters. The van der Waals surface area contributed by atoms with Gasteiger partial charge in [0.05, 0.1) is 11.1 Å². The smallest absolute Gasteiger partial charge is 0.273 e. The topological polar surface area (TPSA) is 145 Å².